The van der Waals surface area contributed by atoms with Gasteiger partial charge < -0.3 is 10.4 Å². The first-order valence-electron chi connectivity index (χ1n) is 10.5. The number of rotatable bonds is 6. The second-order valence-corrected chi connectivity index (χ2v) is 12.3. The molecule has 0 aliphatic heterocycles. The SMILES string of the molecule is CC(=O)Nc1cc(S(=O)(=O)O)cc2cc(S(=O)(=O)O)c(N=Nc3ccc4ccccc4c3S(=O)(=O)O)c(O)c12. The normalized spacial score (nSPS) is 12.8. The number of phenolic OH excluding ortho intramolecular Hbond substituents is 1. The lowest BCUT2D eigenvalue weighted by Gasteiger charge is -2.14. The van der Waals surface area contributed by atoms with Gasteiger partial charge in [-0.05, 0) is 35.0 Å². The van der Waals surface area contributed by atoms with Gasteiger partial charge in [0.15, 0.2) is 5.75 Å². The van der Waals surface area contributed by atoms with Crippen LogP contribution >= 0.6 is 0 Å². The number of hydrogen-bond acceptors (Lipinski definition) is 10. The largest absolute Gasteiger partial charge is 0.505 e. The molecule has 0 heterocycles. The van der Waals surface area contributed by atoms with E-state index in [1.165, 1.54) is 18.2 Å². The third-order valence-corrected chi connectivity index (χ3v) is 8.03. The maximum atomic E-state index is 12.2. The standard InChI is InChI=1S/C22H17N3O11S3/c1-11(26)23-17-10-14(37(28,29)30)8-13-9-18(38(31,32)33)20(21(27)19(13)17)25-24-16-7-6-12-4-2-3-5-15(12)22(16)39(34,35)36/h2-10,27H,1H3,(H,23,26)(H,28,29,30)(H,31,32,33)(H,34,35,36). The molecule has 17 heteroatoms. The van der Waals surface area contributed by atoms with E-state index in [-0.39, 0.29) is 21.8 Å². The molecule has 14 nitrogen and oxygen atoms in total. The number of amides is 1. The Labute approximate surface area is 220 Å². The number of carbonyl (C=O) groups is 1. The van der Waals surface area contributed by atoms with Crippen molar-refractivity contribution >= 4 is 74.9 Å². The third-order valence-electron chi connectivity index (χ3n) is 5.38. The minimum absolute atomic E-state index is 0.0554. The Morgan fingerprint density at radius 2 is 1.46 bits per heavy atom. The van der Waals surface area contributed by atoms with Crippen molar-refractivity contribution in [3.8, 4) is 5.75 Å². The molecule has 0 radical (unpaired) electrons. The smallest absolute Gasteiger partial charge is 0.297 e. The summed E-state index contributed by atoms with van der Waals surface area (Å²) in [6, 6.07) is 10.9. The topological polar surface area (TPSA) is 237 Å². The van der Waals surface area contributed by atoms with Crippen LogP contribution in [0.2, 0.25) is 0 Å². The van der Waals surface area contributed by atoms with Gasteiger partial charge in [-0.1, -0.05) is 30.3 Å². The van der Waals surface area contributed by atoms with Crippen LogP contribution in [-0.2, 0) is 35.1 Å². The maximum Gasteiger partial charge on any atom is 0.297 e. The van der Waals surface area contributed by atoms with Crippen molar-refractivity contribution in [3.05, 3.63) is 54.6 Å². The minimum atomic E-state index is -5.19. The van der Waals surface area contributed by atoms with E-state index < -0.39 is 68.1 Å². The lowest BCUT2D eigenvalue weighted by atomic mass is 10.1. The molecule has 0 aliphatic rings. The van der Waals surface area contributed by atoms with Crippen LogP contribution in [0.15, 0.2) is 79.5 Å². The first kappa shape index (κ1) is 28.0. The van der Waals surface area contributed by atoms with Gasteiger partial charge in [0.25, 0.3) is 30.4 Å². The van der Waals surface area contributed by atoms with Crippen molar-refractivity contribution in [3.63, 3.8) is 0 Å². The first-order chi connectivity index (χ1) is 18.0. The summed E-state index contributed by atoms with van der Waals surface area (Å²) in [5.74, 6) is -1.75. The van der Waals surface area contributed by atoms with Crippen molar-refractivity contribution in [2.75, 3.05) is 5.32 Å². The van der Waals surface area contributed by atoms with Gasteiger partial charge in [0.2, 0.25) is 5.91 Å². The molecule has 0 saturated carbocycles. The van der Waals surface area contributed by atoms with Crippen molar-refractivity contribution in [2.24, 2.45) is 10.2 Å². The van der Waals surface area contributed by atoms with Crippen LogP contribution in [-0.4, -0.2) is 49.9 Å². The number of nitrogens with zero attached hydrogens (tertiary/aromatic N) is 2. The minimum Gasteiger partial charge on any atom is -0.505 e. The van der Waals surface area contributed by atoms with Crippen LogP contribution in [0.3, 0.4) is 0 Å². The molecule has 0 aliphatic carbocycles. The molecule has 4 aromatic rings. The van der Waals surface area contributed by atoms with Gasteiger partial charge in [-0.15, -0.1) is 10.2 Å². The van der Waals surface area contributed by atoms with Gasteiger partial charge in [0.05, 0.1) is 10.6 Å². The fraction of sp³-hybridized carbons (Fsp3) is 0.0455. The van der Waals surface area contributed by atoms with E-state index in [1.807, 2.05) is 0 Å². The predicted octanol–water partition coefficient (Wildman–Crippen LogP) is 3.81. The van der Waals surface area contributed by atoms with Crippen LogP contribution in [0.25, 0.3) is 21.5 Å². The predicted molar refractivity (Wildman–Crippen MR) is 137 cm³/mol. The molecule has 4 rings (SSSR count). The molecular formula is C22H17N3O11S3. The summed E-state index contributed by atoms with van der Waals surface area (Å²) in [4.78, 5) is 9.20. The Morgan fingerprint density at radius 1 is 0.795 bits per heavy atom. The first-order valence-corrected chi connectivity index (χ1v) is 14.8. The average Bonchev–Trinajstić information content (AvgIpc) is 2.80. The third kappa shape index (κ3) is 5.58. The van der Waals surface area contributed by atoms with Gasteiger partial charge in [0.1, 0.15) is 21.2 Å². The zero-order valence-corrected chi connectivity index (χ0v) is 21.9. The number of azo groups is 1. The van der Waals surface area contributed by atoms with E-state index in [0.29, 0.717) is 11.5 Å². The number of fused-ring (bicyclic) bond motifs is 2. The Morgan fingerprint density at radius 3 is 2.05 bits per heavy atom. The van der Waals surface area contributed by atoms with Crippen molar-refractivity contribution in [2.45, 2.75) is 21.6 Å². The monoisotopic (exact) mass is 595 g/mol. The van der Waals surface area contributed by atoms with Crippen LogP contribution < -0.4 is 5.32 Å². The fourth-order valence-corrected chi connectivity index (χ4v) is 5.91. The highest BCUT2D eigenvalue weighted by molar-refractivity contribution is 7.86. The van der Waals surface area contributed by atoms with Crippen molar-refractivity contribution in [1.29, 1.82) is 0 Å². The zero-order valence-electron chi connectivity index (χ0n) is 19.5. The van der Waals surface area contributed by atoms with E-state index >= 15 is 0 Å². The lowest BCUT2D eigenvalue weighted by molar-refractivity contribution is -0.114. The molecule has 0 bridgehead atoms. The average molecular weight is 596 g/mol. The molecule has 1 amide bonds. The Bertz CT molecular complexity index is 2060. The molecule has 4 aromatic carbocycles. The second kappa shape index (κ2) is 9.63. The number of anilines is 1. The van der Waals surface area contributed by atoms with Gasteiger partial charge in [-0.3, -0.25) is 18.5 Å². The number of nitrogens with one attached hydrogen (secondary N) is 1. The second-order valence-electron chi connectivity index (χ2n) is 8.08. The molecule has 0 aromatic heterocycles. The molecule has 0 atom stereocenters. The fourth-order valence-electron chi connectivity index (χ4n) is 3.88. The number of benzene rings is 4. The van der Waals surface area contributed by atoms with Crippen LogP contribution in [0.5, 0.6) is 5.75 Å². The summed E-state index contributed by atoms with van der Waals surface area (Å²) < 4.78 is 101. The van der Waals surface area contributed by atoms with E-state index in [9.17, 15) is 48.8 Å². The highest BCUT2D eigenvalue weighted by Gasteiger charge is 2.26. The molecule has 0 fully saturated rings. The Balaban J connectivity index is 2.08. The summed E-state index contributed by atoms with van der Waals surface area (Å²) >= 11 is 0. The van der Waals surface area contributed by atoms with Gasteiger partial charge in [-0.25, -0.2) is 0 Å². The highest BCUT2D eigenvalue weighted by Crippen LogP contribution is 2.45. The molecule has 5 N–H and O–H groups in total. The van der Waals surface area contributed by atoms with E-state index in [1.54, 1.807) is 12.1 Å². The summed E-state index contributed by atoms with van der Waals surface area (Å²) in [5.41, 5.74) is -1.75. The summed E-state index contributed by atoms with van der Waals surface area (Å²) in [6.07, 6.45) is 0. The number of carbonyl (C=O) groups excluding carboxylic acids is 1. The molecule has 0 saturated heterocycles. The van der Waals surface area contributed by atoms with E-state index in [2.05, 4.69) is 15.5 Å². The van der Waals surface area contributed by atoms with Gasteiger partial charge >= 0.3 is 0 Å². The van der Waals surface area contributed by atoms with E-state index in [0.717, 1.165) is 25.1 Å². The Hall–Kier alpha value is -4.00. The molecule has 204 valence electrons. The van der Waals surface area contributed by atoms with E-state index in [4.69, 9.17) is 0 Å². The molecular weight excluding hydrogens is 578 g/mol. The number of phenols is 1. The number of aromatic hydroxyl groups is 1. The lowest BCUT2D eigenvalue weighted by Crippen LogP contribution is -2.08. The van der Waals surface area contributed by atoms with Crippen molar-refractivity contribution in [1.82, 2.24) is 0 Å². The molecule has 0 spiro atoms. The highest BCUT2D eigenvalue weighted by atomic mass is 32.2. The zero-order chi connectivity index (χ0) is 28.9. The quantitative estimate of drug-likeness (QED) is 0.159. The van der Waals surface area contributed by atoms with Crippen LogP contribution in [0.1, 0.15) is 6.92 Å². The molecule has 39 heavy (non-hydrogen) atoms. The van der Waals surface area contributed by atoms with Gasteiger partial charge in [0, 0.05) is 17.7 Å². The molecule has 0 unspecified atom stereocenters. The number of hydrogen-bond donors (Lipinski definition) is 5. The van der Waals surface area contributed by atoms with Crippen molar-refractivity contribution < 1.29 is 48.8 Å². The summed E-state index contributed by atoms with van der Waals surface area (Å²) in [5, 5.41) is 20.3. The summed E-state index contributed by atoms with van der Waals surface area (Å²) in [7, 11) is -15.0. The van der Waals surface area contributed by atoms with Gasteiger partial charge in [-0.2, -0.15) is 25.3 Å². The Kier molecular flexibility index (Phi) is 6.92. The van der Waals surface area contributed by atoms with Crippen LogP contribution in [0.4, 0.5) is 17.1 Å². The summed E-state index contributed by atoms with van der Waals surface area (Å²) in [6.45, 7) is 1.05. The maximum absolute atomic E-state index is 12.2. The van der Waals surface area contributed by atoms with Crippen LogP contribution in [0, 0.1) is 0 Å².